The molecule has 0 unspecified atom stereocenters. The van der Waals surface area contributed by atoms with Crippen LogP contribution in [0, 0.1) is 0 Å². The van der Waals surface area contributed by atoms with Gasteiger partial charge in [0.2, 0.25) is 5.91 Å². The minimum Gasteiger partial charge on any atom is -0.372 e. The van der Waals surface area contributed by atoms with Gasteiger partial charge < -0.3 is 15.4 Å². The highest BCUT2D eigenvalue weighted by Crippen LogP contribution is 2.22. The van der Waals surface area contributed by atoms with Gasteiger partial charge in [0.1, 0.15) is 0 Å². The molecular weight excluding hydrogens is 288 g/mol. The Hall–Kier alpha value is -1.10. The Morgan fingerprint density at radius 3 is 2.43 bits per heavy atom. The average Bonchev–Trinajstić information content (AvgIpc) is 2.44. The number of nitrogens with zero attached hydrogens (tertiary/aromatic N) is 1. The second-order valence-corrected chi connectivity index (χ2v) is 6.18. The van der Waals surface area contributed by atoms with Crippen molar-refractivity contribution in [3.8, 4) is 0 Å². The smallest absolute Gasteiger partial charge is 0.223 e. The SMILES string of the molecule is C[C@H]1CN(C(=O)C[C@@H](CN)c2ccc(Cl)cc2)C[C@H](C)O1. The highest BCUT2D eigenvalue weighted by Gasteiger charge is 2.27. The summed E-state index contributed by atoms with van der Waals surface area (Å²) in [7, 11) is 0. The maximum Gasteiger partial charge on any atom is 0.223 e. The molecule has 2 N–H and O–H groups in total. The number of carbonyl (C=O) groups excluding carboxylic acids is 1. The van der Waals surface area contributed by atoms with E-state index in [9.17, 15) is 4.79 Å². The van der Waals surface area contributed by atoms with Crippen LogP contribution >= 0.6 is 11.6 Å². The molecule has 1 amide bonds. The Balaban J connectivity index is 2.00. The van der Waals surface area contributed by atoms with Gasteiger partial charge in [-0.25, -0.2) is 0 Å². The summed E-state index contributed by atoms with van der Waals surface area (Å²) in [6.45, 7) is 5.75. The van der Waals surface area contributed by atoms with E-state index in [0.29, 0.717) is 31.1 Å². The second kappa shape index (κ2) is 7.25. The minimum atomic E-state index is 0.0308. The number of morpholine rings is 1. The Bertz CT molecular complexity index is 468. The molecule has 0 spiro atoms. The summed E-state index contributed by atoms with van der Waals surface area (Å²) in [4.78, 5) is 14.4. The molecule has 1 fully saturated rings. The molecule has 0 aliphatic carbocycles. The molecule has 0 saturated carbocycles. The van der Waals surface area contributed by atoms with E-state index in [4.69, 9.17) is 22.1 Å². The summed E-state index contributed by atoms with van der Waals surface area (Å²) in [6.07, 6.45) is 0.603. The molecule has 5 heteroatoms. The van der Waals surface area contributed by atoms with Gasteiger partial charge in [-0.1, -0.05) is 23.7 Å². The zero-order valence-corrected chi connectivity index (χ0v) is 13.3. The molecule has 4 nitrogen and oxygen atoms in total. The first kappa shape index (κ1) is 16.3. The summed E-state index contributed by atoms with van der Waals surface area (Å²) in [6, 6.07) is 7.56. The van der Waals surface area contributed by atoms with Crippen molar-refractivity contribution in [1.29, 1.82) is 0 Å². The summed E-state index contributed by atoms with van der Waals surface area (Å²) >= 11 is 5.90. The van der Waals surface area contributed by atoms with Crippen LogP contribution in [-0.4, -0.2) is 42.6 Å². The maximum atomic E-state index is 12.5. The molecule has 21 heavy (non-hydrogen) atoms. The molecule has 0 aromatic heterocycles. The van der Waals surface area contributed by atoms with Crippen LogP contribution in [0.25, 0.3) is 0 Å². The molecule has 1 aliphatic rings. The fraction of sp³-hybridized carbons (Fsp3) is 0.562. The Kier molecular flexibility index (Phi) is 5.62. The van der Waals surface area contributed by atoms with E-state index >= 15 is 0 Å². The summed E-state index contributed by atoms with van der Waals surface area (Å²) < 4.78 is 5.66. The van der Waals surface area contributed by atoms with Gasteiger partial charge in [0.25, 0.3) is 0 Å². The van der Waals surface area contributed by atoms with E-state index in [1.54, 1.807) is 0 Å². The van der Waals surface area contributed by atoms with Crippen LogP contribution in [0.15, 0.2) is 24.3 Å². The van der Waals surface area contributed by atoms with Crippen molar-refractivity contribution in [2.45, 2.75) is 38.4 Å². The van der Waals surface area contributed by atoms with Gasteiger partial charge in [-0.15, -0.1) is 0 Å². The lowest BCUT2D eigenvalue weighted by Crippen LogP contribution is -2.48. The molecule has 1 aromatic carbocycles. The third-order valence-corrected chi connectivity index (χ3v) is 4.07. The van der Waals surface area contributed by atoms with E-state index in [-0.39, 0.29) is 24.0 Å². The number of hydrogen-bond donors (Lipinski definition) is 1. The van der Waals surface area contributed by atoms with Gasteiger partial charge >= 0.3 is 0 Å². The van der Waals surface area contributed by atoms with Crippen LogP contribution in [-0.2, 0) is 9.53 Å². The van der Waals surface area contributed by atoms with Crippen molar-refractivity contribution in [2.75, 3.05) is 19.6 Å². The molecule has 0 bridgehead atoms. The minimum absolute atomic E-state index is 0.0308. The molecule has 2 rings (SSSR count). The van der Waals surface area contributed by atoms with E-state index in [1.165, 1.54) is 0 Å². The third-order valence-electron chi connectivity index (χ3n) is 3.82. The number of carbonyl (C=O) groups is 1. The van der Waals surface area contributed by atoms with Crippen molar-refractivity contribution < 1.29 is 9.53 Å². The summed E-state index contributed by atoms with van der Waals surface area (Å²) in [5.41, 5.74) is 6.91. The topological polar surface area (TPSA) is 55.6 Å². The molecule has 0 radical (unpaired) electrons. The summed E-state index contributed by atoms with van der Waals surface area (Å²) in [5.74, 6) is 0.172. The van der Waals surface area contributed by atoms with Crippen LogP contribution < -0.4 is 5.73 Å². The average molecular weight is 311 g/mol. The monoisotopic (exact) mass is 310 g/mol. The van der Waals surface area contributed by atoms with Gasteiger partial charge in [-0.3, -0.25) is 4.79 Å². The standard InChI is InChI=1S/C16H23ClN2O2/c1-11-9-19(10-12(2)21-11)16(20)7-14(8-18)13-3-5-15(17)6-4-13/h3-6,11-12,14H,7-10,18H2,1-2H3/t11-,12-,14-/m0/s1. The van der Waals surface area contributed by atoms with Gasteiger partial charge in [0.05, 0.1) is 12.2 Å². The number of hydrogen-bond acceptors (Lipinski definition) is 3. The van der Waals surface area contributed by atoms with E-state index < -0.39 is 0 Å². The van der Waals surface area contributed by atoms with E-state index in [0.717, 1.165) is 5.56 Å². The molecule has 1 heterocycles. The number of rotatable bonds is 4. The number of nitrogens with two attached hydrogens (primary N) is 1. The zero-order chi connectivity index (χ0) is 15.4. The van der Waals surface area contributed by atoms with Crippen LogP contribution in [0.1, 0.15) is 31.7 Å². The lowest BCUT2D eigenvalue weighted by atomic mass is 9.95. The zero-order valence-electron chi connectivity index (χ0n) is 12.6. The number of amides is 1. The third kappa shape index (κ3) is 4.43. The highest BCUT2D eigenvalue weighted by molar-refractivity contribution is 6.30. The molecule has 1 aromatic rings. The Labute approximate surface area is 131 Å². The van der Waals surface area contributed by atoms with Gasteiger partial charge in [0, 0.05) is 30.5 Å². The number of ether oxygens (including phenoxy) is 1. The highest BCUT2D eigenvalue weighted by atomic mass is 35.5. The Morgan fingerprint density at radius 2 is 1.90 bits per heavy atom. The van der Waals surface area contributed by atoms with Crippen LogP contribution in [0.3, 0.4) is 0 Å². The molecule has 1 saturated heterocycles. The van der Waals surface area contributed by atoms with Crippen molar-refractivity contribution in [1.82, 2.24) is 4.90 Å². The van der Waals surface area contributed by atoms with Gasteiger partial charge in [-0.2, -0.15) is 0 Å². The lowest BCUT2D eigenvalue weighted by Gasteiger charge is -2.36. The van der Waals surface area contributed by atoms with Crippen LogP contribution in [0.4, 0.5) is 0 Å². The number of halogens is 1. The Morgan fingerprint density at radius 1 is 1.33 bits per heavy atom. The van der Waals surface area contributed by atoms with Gasteiger partial charge in [-0.05, 0) is 38.1 Å². The lowest BCUT2D eigenvalue weighted by molar-refractivity contribution is -0.143. The van der Waals surface area contributed by atoms with Crippen LogP contribution in [0.2, 0.25) is 5.02 Å². The van der Waals surface area contributed by atoms with E-state index in [2.05, 4.69) is 0 Å². The van der Waals surface area contributed by atoms with Crippen molar-refractivity contribution in [3.63, 3.8) is 0 Å². The second-order valence-electron chi connectivity index (χ2n) is 5.74. The van der Waals surface area contributed by atoms with Crippen molar-refractivity contribution in [3.05, 3.63) is 34.9 Å². The van der Waals surface area contributed by atoms with Crippen LogP contribution in [0.5, 0.6) is 0 Å². The molecular formula is C16H23ClN2O2. The van der Waals surface area contributed by atoms with Crippen molar-refractivity contribution >= 4 is 17.5 Å². The quantitative estimate of drug-likeness (QED) is 0.929. The predicted octanol–water partition coefficient (Wildman–Crippen LogP) is 2.41. The largest absolute Gasteiger partial charge is 0.372 e. The normalized spacial score (nSPS) is 23.9. The van der Waals surface area contributed by atoms with Crippen molar-refractivity contribution in [2.24, 2.45) is 5.73 Å². The van der Waals surface area contributed by atoms with Gasteiger partial charge in [0.15, 0.2) is 0 Å². The molecule has 3 atom stereocenters. The fourth-order valence-electron chi connectivity index (χ4n) is 2.79. The first-order valence-electron chi connectivity index (χ1n) is 7.38. The van der Waals surface area contributed by atoms with E-state index in [1.807, 2.05) is 43.0 Å². The first-order chi connectivity index (χ1) is 9.99. The fourth-order valence-corrected chi connectivity index (χ4v) is 2.92. The molecule has 1 aliphatic heterocycles. The number of benzene rings is 1. The summed E-state index contributed by atoms with van der Waals surface area (Å²) in [5, 5.41) is 0.691. The maximum absolute atomic E-state index is 12.5. The predicted molar refractivity (Wildman–Crippen MR) is 84.5 cm³/mol. The first-order valence-corrected chi connectivity index (χ1v) is 7.76. The molecule has 116 valence electrons.